The number of aliphatic hydroxyl groups is 1. The molecule has 1 aliphatic heterocycles. The molecule has 0 aliphatic carbocycles. The van der Waals surface area contributed by atoms with Gasteiger partial charge in [-0.15, -0.1) is 5.10 Å². The van der Waals surface area contributed by atoms with Crippen molar-refractivity contribution < 1.29 is 10.0 Å². The van der Waals surface area contributed by atoms with Crippen LogP contribution < -0.4 is 10.5 Å². The third-order valence-corrected chi connectivity index (χ3v) is 3.66. The summed E-state index contributed by atoms with van der Waals surface area (Å²) in [7, 11) is 0. The number of hydrogen-bond acceptors (Lipinski definition) is 4. The Hall–Kier alpha value is -1.79. The maximum atomic E-state index is 12.3. The van der Waals surface area contributed by atoms with Gasteiger partial charge < -0.3 is 10.0 Å². The van der Waals surface area contributed by atoms with Crippen LogP contribution in [0.15, 0.2) is 29.1 Å². The van der Waals surface area contributed by atoms with E-state index in [0.29, 0.717) is 17.6 Å². The van der Waals surface area contributed by atoms with Gasteiger partial charge in [-0.3, -0.25) is 4.79 Å². The van der Waals surface area contributed by atoms with Crippen LogP contribution in [0.4, 0.5) is 0 Å². The zero-order valence-corrected chi connectivity index (χ0v) is 10.6. The quantitative estimate of drug-likeness (QED) is 0.711. The summed E-state index contributed by atoms with van der Waals surface area (Å²) in [4.78, 5) is 13.5. The predicted octanol–water partition coefficient (Wildman–Crippen LogP) is -1.21. The first-order valence-corrected chi connectivity index (χ1v) is 6.58. The summed E-state index contributed by atoms with van der Waals surface area (Å²) in [5.41, 5.74) is 0.539. The van der Waals surface area contributed by atoms with Crippen LogP contribution in [0, 0.1) is 0 Å². The minimum absolute atomic E-state index is 0.0933. The molecule has 0 unspecified atom stereocenters. The molecule has 1 aliphatic rings. The molecule has 2 heterocycles. The maximum absolute atomic E-state index is 12.3. The van der Waals surface area contributed by atoms with Crippen molar-refractivity contribution in [2.45, 2.75) is 25.6 Å². The van der Waals surface area contributed by atoms with E-state index in [1.54, 1.807) is 12.1 Å². The molecule has 2 aromatic rings. The van der Waals surface area contributed by atoms with Gasteiger partial charge in [-0.1, -0.05) is 17.3 Å². The first-order chi connectivity index (χ1) is 9.24. The average molecular weight is 261 g/mol. The summed E-state index contributed by atoms with van der Waals surface area (Å²) in [5, 5.41) is 18.1. The number of benzene rings is 1. The number of aliphatic hydroxyl groups excluding tert-OH is 1. The first kappa shape index (κ1) is 12.3. The van der Waals surface area contributed by atoms with Crippen molar-refractivity contribution in [3.63, 3.8) is 0 Å². The zero-order chi connectivity index (χ0) is 13.2. The molecule has 0 amide bonds. The van der Waals surface area contributed by atoms with Gasteiger partial charge in [0.05, 0.1) is 24.6 Å². The summed E-state index contributed by atoms with van der Waals surface area (Å²) >= 11 is 0. The van der Waals surface area contributed by atoms with E-state index in [2.05, 4.69) is 10.3 Å². The number of aromatic nitrogens is 3. The van der Waals surface area contributed by atoms with Crippen LogP contribution in [0.25, 0.3) is 10.9 Å². The standard InChI is InChI=1S/C13H16N4O2/c18-10-5-7-16(8-6-10)9-17-13(19)11-3-1-2-4-12(11)14-15-17/h1-4,10,18H,5-9H2/p+1. The summed E-state index contributed by atoms with van der Waals surface area (Å²) in [6.45, 7) is 2.24. The highest BCUT2D eigenvalue weighted by molar-refractivity contribution is 5.76. The lowest BCUT2D eigenvalue weighted by Crippen LogP contribution is -3.12. The topological polar surface area (TPSA) is 72.5 Å². The molecule has 0 radical (unpaired) electrons. The van der Waals surface area contributed by atoms with Crippen molar-refractivity contribution in [3.05, 3.63) is 34.6 Å². The molecular formula is C13H17N4O2+. The number of quaternary nitrogens is 1. The highest BCUT2D eigenvalue weighted by atomic mass is 16.3. The van der Waals surface area contributed by atoms with Gasteiger partial charge in [-0.25, -0.2) is 0 Å². The maximum Gasteiger partial charge on any atom is 0.282 e. The van der Waals surface area contributed by atoms with Gasteiger partial charge in [-0.2, -0.15) is 4.68 Å². The van der Waals surface area contributed by atoms with Crippen molar-refractivity contribution in [1.82, 2.24) is 15.0 Å². The molecule has 2 N–H and O–H groups in total. The molecule has 1 saturated heterocycles. The fourth-order valence-electron chi connectivity index (χ4n) is 2.51. The zero-order valence-electron chi connectivity index (χ0n) is 10.6. The molecule has 19 heavy (non-hydrogen) atoms. The predicted molar refractivity (Wildman–Crippen MR) is 69.7 cm³/mol. The molecule has 1 fully saturated rings. The lowest BCUT2D eigenvalue weighted by atomic mass is 10.1. The van der Waals surface area contributed by atoms with Gasteiger partial charge >= 0.3 is 0 Å². The number of nitrogens with zero attached hydrogens (tertiary/aromatic N) is 3. The van der Waals surface area contributed by atoms with Crippen molar-refractivity contribution in [1.29, 1.82) is 0 Å². The minimum Gasteiger partial charge on any atom is -0.393 e. The van der Waals surface area contributed by atoms with E-state index < -0.39 is 0 Å². The van der Waals surface area contributed by atoms with Gasteiger partial charge in [0.15, 0.2) is 6.67 Å². The molecule has 1 aromatic carbocycles. The largest absolute Gasteiger partial charge is 0.393 e. The smallest absolute Gasteiger partial charge is 0.282 e. The van der Waals surface area contributed by atoms with Crippen LogP contribution in [0.5, 0.6) is 0 Å². The molecule has 3 rings (SSSR count). The second kappa shape index (κ2) is 5.07. The third-order valence-electron chi connectivity index (χ3n) is 3.66. The molecule has 0 spiro atoms. The summed E-state index contributed by atoms with van der Waals surface area (Å²) in [6, 6.07) is 7.24. The van der Waals surface area contributed by atoms with E-state index in [4.69, 9.17) is 0 Å². The Labute approximate surface area is 110 Å². The van der Waals surface area contributed by atoms with Crippen molar-refractivity contribution in [3.8, 4) is 0 Å². The summed E-state index contributed by atoms with van der Waals surface area (Å²) in [5.74, 6) is 0. The Balaban J connectivity index is 1.85. The van der Waals surface area contributed by atoms with Crippen LogP contribution in [0.1, 0.15) is 12.8 Å². The van der Waals surface area contributed by atoms with Gasteiger partial charge in [0.25, 0.3) is 5.56 Å². The van der Waals surface area contributed by atoms with E-state index in [-0.39, 0.29) is 11.7 Å². The van der Waals surface area contributed by atoms with Crippen LogP contribution in [0.2, 0.25) is 0 Å². The molecule has 1 aromatic heterocycles. The average Bonchev–Trinajstić information content (AvgIpc) is 2.45. The number of fused-ring (bicyclic) bond motifs is 1. The number of nitrogens with one attached hydrogen (secondary N) is 1. The fourth-order valence-corrected chi connectivity index (χ4v) is 2.51. The highest BCUT2D eigenvalue weighted by Crippen LogP contribution is 2.03. The summed E-state index contributed by atoms with van der Waals surface area (Å²) < 4.78 is 1.43. The van der Waals surface area contributed by atoms with Crippen molar-refractivity contribution in [2.75, 3.05) is 13.1 Å². The molecule has 6 nitrogen and oxygen atoms in total. The summed E-state index contributed by atoms with van der Waals surface area (Å²) in [6.07, 6.45) is 1.37. The van der Waals surface area contributed by atoms with Crippen LogP contribution in [-0.4, -0.2) is 39.3 Å². The van der Waals surface area contributed by atoms with Crippen LogP contribution in [-0.2, 0) is 6.67 Å². The highest BCUT2D eigenvalue weighted by Gasteiger charge is 2.21. The minimum atomic E-state index is -0.192. The van der Waals surface area contributed by atoms with Crippen molar-refractivity contribution >= 4 is 10.9 Å². The lowest BCUT2D eigenvalue weighted by molar-refractivity contribution is -0.929. The first-order valence-electron chi connectivity index (χ1n) is 6.58. The van der Waals surface area contributed by atoms with E-state index in [1.165, 1.54) is 9.58 Å². The van der Waals surface area contributed by atoms with E-state index in [1.807, 2.05) is 12.1 Å². The number of rotatable bonds is 2. The second-order valence-corrected chi connectivity index (χ2v) is 5.05. The van der Waals surface area contributed by atoms with Crippen LogP contribution in [0.3, 0.4) is 0 Å². The number of piperidine rings is 1. The molecule has 0 saturated carbocycles. The SMILES string of the molecule is O=c1c2ccccc2nnn1C[NH+]1CCC(O)CC1. The molecular weight excluding hydrogens is 244 g/mol. The molecule has 0 atom stereocenters. The second-order valence-electron chi connectivity index (χ2n) is 5.05. The third kappa shape index (κ3) is 2.50. The van der Waals surface area contributed by atoms with E-state index in [9.17, 15) is 9.90 Å². The number of hydrogen-bond donors (Lipinski definition) is 2. The molecule has 6 heteroatoms. The Morgan fingerprint density at radius 2 is 2.05 bits per heavy atom. The normalized spacial score (nSPS) is 23.6. The van der Waals surface area contributed by atoms with Gasteiger partial charge in [0.1, 0.15) is 5.52 Å². The lowest BCUT2D eigenvalue weighted by Gasteiger charge is -2.26. The Kier molecular flexibility index (Phi) is 3.27. The van der Waals surface area contributed by atoms with E-state index >= 15 is 0 Å². The van der Waals surface area contributed by atoms with Crippen LogP contribution >= 0.6 is 0 Å². The van der Waals surface area contributed by atoms with Gasteiger partial charge in [0.2, 0.25) is 0 Å². The van der Waals surface area contributed by atoms with Gasteiger partial charge in [-0.05, 0) is 12.1 Å². The monoisotopic (exact) mass is 261 g/mol. The Morgan fingerprint density at radius 3 is 2.84 bits per heavy atom. The van der Waals surface area contributed by atoms with Gasteiger partial charge in [0, 0.05) is 12.8 Å². The molecule has 0 bridgehead atoms. The van der Waals surface area contributed by atoms with Crippen molar-refractivity contribution in [2.24, 2.45) is 0 Å². The Bertz CT molecular complexity index is 632. The fraction of sp³-hybridized carbons (Fsp3) is 0.462. The molecule has 100 valence electrons. The van der Waals surface area contributed by atoms with E-state index in [0.717, 1.165) is 25.9 Å². The number of likely N-dealkylation sites (tertiary alicyclic amines) is 1. The Morgan fingerprint density at radius 1 is 1.32 bits per heavy atom.